The van der Waals surface area contributed by atoms with E-state index in [9.17, 15) is 31.1 Å². The number of ether oxygens (including phenoxy) is 1. The van der Waals surface area contributed by atoms with Gasteiger partial charge in [-0.3, -0.25) is 4.79 Å². The maximum atomic E-state index is 15.0. The van der Waals surface area contributed by atoms with Crippen LogP contribution in [0.25, 0.3) is 11.4 Å². The molecule has 2 aromatic carbocycles. The number of rotatable bonds is 6. The number of carboxylic acid groups (broad SMARTS) is 1. The van der Waals surface area contributed by atoms with Crippen LogP contribution in [0.15, 0.2) is 42.5 Å². The number of anilines is 1. The molecule has 1 aromatic heterocycles. The Morgan fingerprint density at radius 3 is 2.17 bits per heavy atom. The maximum Gasteiger partial charge on any atom is 0.433 e. The Morgan fingerprint density at radius 1 is 1.00 bits per heavy atom. The highest BCUT2D eigenvalue weighted by atomic mass is 19.4. The number of benzene rings is 2. The molecule has 3 aromatic rings. The fourth-order valence-electron chi connectivity index (χ4n) is 3.98. The monoisotopic (exact) mass is 511 g/mol. The van der Waals surface area contributed by atoms with Gasteiger partial charge in [0, 0.05) is 31.1 Å². The Labute approximate surface area is 201 Å². The average molecular weight is 511 g/mol. The van der Waals surface area contributed by atoms with Gasteiger partial charge < -0.3 is 14.7 Å². The molecule has 0 unspecified atom stereocenters. The summed E-state index contributed by atoms with van der Waals surface area (Å²) >= 11 is 0. The number of nitrogens with zero attached hydrogens (tertiary/aromatic N) is 3. The molecule has 0 radical (unpaired) electrons. The highest BCUT2D eigenvalue weighted by Gasteiger charge is 2.34. The zero-order valence-corrected chi connectivity index (χ0v) is 18.5. The second-order valence-corrected chi connectivity index (χ2v) is 8.29. The average Bonchev–Trinajstić information content (AvgIpc) is 2.80. The molecule has 0 aliphatic carbocycles. The molecule has 1 aliphatic heterocycles. The quantitative estimate of drug-likeness (QED) is 0.406. The number of carboxylic acids is 1. The number of aromatic nitrogens is 2. The van der Waals surface area contributed by atoms with Crippen molar-refractivity contribution in [3.05, 3.63) is 65.6 Å². The van der Waals surface area contributed by atoms with Crippen LogP contribution in [0.4, 0.5) is 32.0 Å². The molecule has 0 atom stereocenters. The lowest BCUT2D eigenvalue weighted by molar-refractivity contribution is -0.141. The number of hydrogen-bond acceptors (Lipinski definition) is 5. The predicted octanol–water partition coefficient (Wildman–Crippen LogP) is 6.06. The van der Waals surface area contributed by atoms with Gasteiger partial charge in [-0.05, 0) is 55.2 Å². The third-order valence-electron chi connectivity index (χ3n) is 5.70. The lowest BCUT2D eigenvalue weighted by Gasteiger charge is -2.33. The van der Waals surface area contributed by atoms with Gasteiger partial charge in [0.05, 0.1) is 0 Å². The molecule has 1 saturated heterocycles. The smallest absolute Gasteiger partial charge is 0.433 e. The van der Waals surface area contributed by atoms with E-state index in [4.69, 9.17) is 9.84 Å². The fraction of sp³-hybridized carbons (Fsp3) is 0.292. The van der Waals surface area contributed by atoms with E-state index in [0.29, 0.717) is 18.9 Å². The van der Waals surface area contributed by atoms with E-state index in [1.807, 2.05) is 0 Å². The topological polar surface area (TPSA) is 75.5 Å². The third kappa shape index (κ3) is 5.86. The van der Waals surface area contributed by atoms with Crippen LogP contribution in [0.1, 0.15) is 25.0 Å². The van der Waals surface area contributed by atoms with Gasteiger partial charge in [-0.25, -0.2) is 18.2 Å². The second-order valence-electron chi connectivity index (χ2n) is 8.29. The van der Waals surface area contributed by atoms with Gasteiger partial charge in [0.25, 0.3) is 0 Å². The lowest BCUT2D eigenvalue weighted by atomic mass is 9.93. The zero-order chi connectivity index (χ0) is 26.0. The number of aliphatic carboxylic acids is 1. The van der Waals surface area contributed by atoms with Crippen molar-refractivity contribution in [2.75, 3.05) is 18.0 Å². The van der Waals surface area contributed by atoms with Crippen LogP contribution in [0, 0.1) is 23.4 Å². The van der Waals surface area contributed by atoms with E-state index in [-0.39, 0.29) is 42.4 Å². The summed E-state index contributed by atoms with van der Waals surface area (Å²) in [6.07, 6.45) is -4.09. The highest BCUT2D eigenvalue weighted by molar-refractivity contribution is 5.67. The molecule has 0 saturated carbocycles. The third-order valence-corrected chi connectivity index (χ3v) is 5.70. The van der Waals surface area contributed by atoms with Gasteiger partial charge in [-0.15, -0.1) is 0 Å². The first kappa shape index (κ1) is 25.3. The van der Waals surface area contributed by atoms with Crippen molar-refractivity contribution in [1.29, 1.82) is 0 Å². The molecule has 0 bridgehead atoms. The van der Waals surface area contributed by atoms with Crippen molar-refractivity contribution in [2.45, 2.75) is 25.4 Å². The van der Waals surface area contributed by atoms with Gasteiger partial charge in [0.15, 0.2) is 11.5 Å². The lowest BCUT2D eigenvalue weighted by Crippen LogP contribution is -2.35. The summed E-state index contributed by atoms with van der Waals surface area (Å²) in [5.74, 6) is -4.86. The second kappa shape index (κ2) is 10.0. The minimum absolute atomic E-state index is 0.00631. The van der Waals surface area contributed by atoms with Gasteiger partial charge in [0.2, 0.25) is 5.88 Å². The Kier molecular flexibility index (Phi) is 7.04. The van der Waals surface area contributed by atoms with E-state index >= 15 is 0 Å². The summed E-state index contributed by atoms with van der Waals surface area (Å²) in [5.41, 5.74) is -2.10. The summed E-state index contributed by atoms with van der Waals surface area (Å²) in [5, 5.41) is 8.92. The molecule has 36 heavy (non-hydrogen) atoms. The molecule has 1 aliphatic rings. The molecule has 6 nitrogen and oxygen atoms in total. The maximum absolute atomic E-state index is 15.0. The molecule has 2 heterocycles. The summed E-state index contributed by atoms with van der Waals surface area (Å²) in [6.45, 7) is 0.446. The standard InChI is InChI=1S/C24H19F6N3O3/c25-15-1-3-16(4-2-15)36-20-12-19(24(28,29)30)31-23(32-20)14-10-17(26)22(18(27)11-14)33-7-5-13(6-8-33)9-21(34)35/h1-4,10-13H,5-9H2,(H,34,35). The Bertz CT molecular complexity index is 1240. The first-order valence-corrected chi connectivity index (χ1v) is 10.9. The zero-order valence-electron chi connectivity index (χ0n) is 18.5. The van der Waals surface area contributed by atoms with Crippen molar-refractivity contribution in [2.24, 2.45) is 5.92 Å². The number of carbonyl (C=O) groups is 1. The molecule has 1 fully saturated rings. The van der Waals surface area contributed by atoms with Gasteiger partial charge in [0.1, 0.15) is 28.9 Å². The van der Waals surface area contributed by atoms with Crippen LogP contribution < -0.4 is 9.64 Å². The highest BCUT2D eigenvalue weighted by Crippen LogP contribution is 2.35. The normalized spacial score (nSPS) is 14.7. The van der Waals surface area contributed by atoms with E-state index in [1.165, 1.54) is 17.0 Å². The first-order valence-electron chi connectivity index (χ1n) is 10.9. The van der Waals surface area contributed by atoms with Crippen LogP contribution in [-0.4, -0.2) is 34.1 Å². The minimum atomic E-state index is -4.91. The number of hydrogen-bond donors (Lipinski definition) is 1. The van der Waals surface area contributed by atoms with Crippen LogP contribution in [0.2, 0.25) is 0 Å². The summed E-state index contributed by atoms with van der Waals surface area (Å²) in [6, 6.07) is 6.62. The van der Waals surface area contributed by atoms with E-state index in [0.717, 1.165) is 24.3 Å². The van der Waals surface area contributed by atoms with Crippen LogP contribution >= 0.6 is 0 Å². The van der Waals surface area contributed by atoms with Crippen LogP contribution in [0.3, 0.4) is 0 Å². The van der Waals surface area contributed by atoms with E-state index in [2.05, 4.69) is 9.97 Å². The predicted molar refractivity (Wildman–Crippen MR) is 116 cm³/mol. The number of piperidine rings is 1. The largest absolute Gasteiger partial charge is 0.481 e. The van der Waals surface area contributed by atoms with Gasteiger partial charge in [-0.1, -0.05) is 0 Å². The summed E-state index contributed by atoms with van der Waals surface area (Å²) in [7, 11) is 0. The van der Waals surface area contributed by atoms with Crippen molar-refractivity contribution < 1.29 is 41.0 Å². The Balaban J connectivity index is 1.64. The molecule has 190 valence electrons. The van der Waals surface area contributed by atoms with Crippen LogP contribution in [-0.2, 0) is 11.0 Å². The van der Waals surface area contributed by atoms with Gasteiger partial charge >= 0.3 is 12.1 Å². The summed E-state index contributed by atoms with van der Waals surface area (Å²) in [4.78, 5) is 19.6. The molecule has 12 heteroatoms. The van der Waals surface area contributed by atoms with E-state index < -0.39 is 47.0 Å². The van der Waals surface area contributed by atoms with Crippen LogP contribution in [0.5, 0.6) is 11.6 Å². The molecule has 1 N–H and O–H groups in total. The number of alkyl halides is 3. The van der Waals surface area contributed by atoms with Crippen molar-refractivity contribution in [3.63, 3.8) is 0 Å². The number of halogens is 6. The Morgan fingerprint density at radius 2 is 1.61 bits per heavy atom. The molecule has 0 spiro atoms. The molecular formula is C24H19F6N3O3. The fourth-order valence-corrected chi connectivity index (χ4v) is 3.98. The summed E-state index contributed by atoms with van der Waals surface area (Å²) < 4.78 is 88.7. The molecular weight excluding hydrogens is 492 g/mol. The van der Waals surface area contributed by atoms with Crippen molar-refractivity contribution in [3.8, 4) is 23.0 Å². The molecule has 0 amide bonds. The molecule has 4 rings (SSSR count). The van der Waals surface area contributed by atoms with Gasteiger partial charge in [-0.2, -0.15) is 18.2 Å². The van der Waals surface area contributed by atoms with E-state index in [1.54, 1.807) is 0 Å². The first-order chi connectivity index (χ1) is 17.0. The van der Waals surface area contributed by atoms with Crippen molar-refractivity contribution in [1.82, 2.24) is 9.97 Å². The SMILES string of the molecule is O=C(O)CC1CCN(c2c(F)cc(-c3nc(Oc4ccc(F)cc4)cc(C(F)(F)F)n3)cc2F)CC1. The minimum Gasteiger partial charge on any atom is -0.481 e. The van der Waals surface area contributed by atoms with Crippen molar-refractivity contribution >= 4 is 11.7 Å². The Hall–Kier alpha value is -3.83.